The molecule has 0 bridgehead atoms. The fourth-order valence-corrected chi connectivity index (χ4v) is 2.03. The second-order valence-electron chi connectivity index (χ2n) is 3.91. The van der Waals surface area contributed by atoms with Crippen molar-refractivity contribution in [2.24, 2.45) is 0 Å². The third-order valence-corrected chi connectivity index (χ3v) is 3.03. The third kappa shape index (κ3) is 1.49. The van der Waals surface area contributed by atoms with Gasteiger partial charge in [-0.15, -0.1) is 0 Å². The summed E-state index contributed by atoms with van der Waals surface area (Å²) in [7, 11) is 0. The molecule has 1 aliphatic rings. The Hall–Kier alpha value is -1.06. The van der Waals surface area contributed by atoms with E-state index in [9.17, 15) is 10.2 Å². The first-order valence-corrected chi connectivity index (χ1v) is 4.88. The van der Waals surface area contributed by atoms with Gasteiger partial charge in [-0.1, -0.05) is 12.1 Å². The zero-order chi connectivity index (χ0) is 10.0. The Bertz CT molecular complexity index is 302. The van der Waals surface area contributed by atoms with Crippen LogP contribution in [0.5, 0.6) is 5.75 Å². The van der Waals surface area contributed by atoms with E-state index in [2.05, 4.69) is 5.32 Å². The lowest BCUT2D eigenvalue weighted by atomic mass is 9.80. The van der Waals surface area contributed by atoms with E-state index in [0.717, 1.165) is 25.1 Å². The van der Waals surface area contributed by atoms with Crippen molar-refractivity contribution >= 4 is 0 Å². The number of phenolic OH excluding ortho intramolecular Hbond substituents is 1. The summed E-state index contributed by atoms with van der Waals surface area (Å²) >= 11 is 0. The van der Waals surface area contributed by atoms with E-state index in [-0.39, 0.29) is 17.8 Å². The summed E-state index contributed by atoms with van der Waals surface area (Å²) in [4.78, 5) is 0. The molecule has 3 nitrogen and oxygen atoms in total. The van der Waals surface area contributed by atoms with Crippen molar-refractivity contribution < 1.29 is 10.2 Å². The van der Waals surface area contributed by atoms with Crippen molar-refractivity contribution in [3.63, 3.8) is 0 Å². The number of rotatable bonds is 2. The zero-order valence-electron chi connectivity index (χ0n) is 8.03. The predicted molar refractivity (Wildman–Crippen MR) is 54.4 cm³/mol. The number of hydrogen-bond acceptors (Lipinski definition) is 3. The smallest absolute Gasteiger partial charge is 0.115 e. The zero-order valence-corrected chi connectivity index (χ0v) is 8.03. The minimum Gasteiger partial charge on any atom is -0.508 e. The monoisotopic (exact) mass is 193 g/mol. The Balaban J connectivity index is 2.31. The second kappa shape index (κ2) is 3.59. The number of hydrogen-bond donors (Lipinski definition) is 3. The highest BCUT2D eigenvalue weighted by molar-refractivity contribution is 5.33. The van der Waals surface area contributed by atoms with E-state index in [0.29, 0.717) is 0 Å². The number of aliphatic hydroxyl groups excluding tert-OH is 1. The largest absolute Gasteiger partial charge is 0.508 e. The number of aromatic hydroxyl groups is 1. The predicted octanol–water partition coefficient (Wildman–Crippen LogP) is 0.616. The molecule has 1 saturated heterocycles. The van der Waals surface area contributed by atoms with Gasteiger partial charge in [0.15, 0.2) is 0 Å². The number of benzene rings is 1. The molecule has 0 radical (unpaired) electrons. The van der Waals surface area contributed by atoms with E-state index in [1.165, 1.54) is 0 Å². The summed E-state index contributed by atoms with van der Waals surface area (Å²) in [6.45, 7) is 1.92. The molecule has 0 saturated carbocycles. The second-order valence-corrected chi connectivity index (χ2v) is 3.91. The van der Waals surface area contributed by atoms with Crippen molar-refractivity contribution in [3.05, 3.63) is 29.8 Å². The van der Waals surface area contributed by atoms with Crippen LogP contribution in [0.25, 0.3) is 0 Å². The van der Waals surface area contributed by atoms with Gasteiger partial charge in [0.2, 0.25) is 0 Å². The quantitative estimate of drug-likeness (QED) is 0.645. The first kappa shape index (κ1) is 9.49. The summed E-state index contributed by atoms with van der Waals surface area (Å²) in [5.41, 5.74) is 0.955. The summed E-state index contributed by atoms with van der Waals surface area (Å²) in [5.74, 6) is 0.271. The average Bonchev–Trinajstić information content (AvgIpc) is 2.68. The maximum absolute atomic E-state index is 9.44. The molecular formula is C11H15NO2. The molecule has 1 unspecified atom stereocenters. The van der Waals surface area contributed by atoms with Crippen LogP contribution in [-0.4, -0.2) is 29.9 Å². The highest BCUT2D eigenvalue weighted by Crippen LogP contribution is 2.30. The Morgan fingerprint density at radius 3 is 2.50 bits per heavy atom. The van der Waals surface area contributed by atoms with Crippen molar-refractivity contribution in [3.8, 4) is 5.75 Å². The number of phenols is 1. The highest BCUT2D eigenvalue weighted by atomic mass is 16.3. The van der Waals surface area contributed by atoms with Crippen LogP contribution in [0.1, 0.15) is 12.0 Å². The lowest BCUT2D eigenvalue weighted by molar-refractivity contribution is 0.205. The van der Waals surface area contributed by atoms with E-state index < -0.39 is 0 Å². The maximum Gasteiger partial charge on any atom is 0.115 e. The molecule has 1 aliphatic heterocycles. The molecule has 2 rings (SSSR count). The third-order valence-electron chi connectivity index (χ3n) is 3.03. The van der Waals surface area contributed by atoms with Gasteiger partial charge in [0, 0.05) is 12.0 Å². The van der Waals surface area contributed by atoms with Crippen LogP contribution in [-0.2, 0) is 5.41 Å². The van der Waals surface area contributed by atoms with Crippen LogP contribution < -0.4 is 5.32 Å². The van der Waals surface area contributed by atoms with E-state index in [4.69, 9.17) is 0 Å². The lowest BCUT2D eigenvalue weighted by Gasteiger charge is -2.26. The molecule has 3 N–H and O–H groups in total. The van der Waals surface area contributed by atoms with Gasteiger partial charge >= 0.3 is 0 Å². The van der Waals surface area contributed by atoms with Crippen LogP contribution in [0.15, 0.2) is 24.3 Å². The highest BCUT2D eigenvalue weighted by Gasteiger charge is 2.34. The number of aliphatic hydroxyl groups is 1. The first-order chi connectivity index (χ1) is 6.77. The molecule has 76 valence electrons. The molecular weight excluding hydrogens is 178 g/mol. The summed E-state index contributed by atoms with van der Waals surface area (Å²) < 4.78 is 0. The van der Waals surface area contributed by atoms with Gasteiger partial charge in [0.1, 0.15) is 5.75 Å². The van der Waals surface area contributed by atoms with Gasteiger partial charge < -0.3 is 15.5 Å². The van der Waals surface area contributed by atoms with Crippen molar-refractivity contribution in [1.29, 1.82) is 0 Å². The van der Waals surface area contributed by atoms with Gasteiger partial charge in [-0.25, -0.2) is 0 Å². The minimum atomic E-state index is -0.145. The fraction of sp³-hybridized carbons (Fsp3) is 0.455. The maximum atomic E-state index is 9.44. The van der Waals surface area contributed by atoms with Crippen LogP contribution in [0.4, 0.5) is 0 Å². The van der Waals surface area contributed by atoms with Crippen LogP contribution in [0, 0.1) is 0 Å². The number of nitrogens with one attached hydrogen (secondary N) is 1. The summed E-state index contributed by atoms with van der Waals surface area (Å²) in [6, 6.07) is 7.12. The summed E-state index contributed by atoms with van der Waals surface area (Å²) in [6.07, 6.45) is 0.953. The normalized spacial score (nSPS) is 26.6. The molecule has 1 heterocycles. The molecule has 0 amide bonds. The lowest BCUT2D eigenvalue weighted by Crippen LogP contribution is -2.32. The van der Waals surface area contributed by atoms with E-state index >= 15 is 0 Å². The Morgan fingerprint density at radius 2 is 2.00 bits per heavy atom. The van der Waals surface area contributed by atoms with Crippen molar-refractivity contribution in [2.45, 2.75) is 11.8 Å². The van der Waals surface area contributed by atoms with Gasteiger partial charge in [-0.2, -0.15) is 0 Å². The molecule has 1 fully saturated rings. The molecule has 0 aliphatic carbocycles. The van der Waals surface area contributed by atoms with Crippen molar-refractivity contribution in [2.75, 3.05) is 19.7 Å². The Kier molecular flexibility index (Phi) is 2.44. The van der Waals surface area contributed by atoms with Crippen molar-refractivity contribution in [1.82, 2.24) is 5.32 Å². The van der Waals surface area contributed by atoms with Crippen LogP contribution in [0.3, 0.4) is 0 Å². The van der Waals surface area contributed by atoms with Gasteiger partial charge in [-0.3, -0.25) is 0 Å². The Labute approximate surface area is 83.4 Å². The molecule has 1 atom stereocenters. The Morgan fingerprint density at radius 1 is 1.29 bits per heavy atom. The SMILES string of the molecule is OCC1(c2ccc(O)cc2)CCNC1. The fourth-order valence-electron chi connectivity index (χ4n) is 2.03. The van der Waals surface area contributed by atoms with Crippen LogP contribution in [0.2, 0.25) is 0 Å². The minimum absolute atomic E-state index is 0.145. The average molecular weight is 193 g/mol. The van der Waals surface area contributed by atoms with Gasteiger partial charge in [0.05, 0.1) is 6.61 Å². The first-order valence-electron chi connectivity index (χ1n) is 4.88. The standard InChI is InChI=1S/C11H15NO2/c13-8-11(5-6-12-7-11)9-1-3-10(14)4-2-9/h1-4,12-14H,5-8H2. The van der Waals surface area contributed by atoms with E-state index in [1.807, 2.05) is 12.1 Å². The molecule has 0 spiro atoms. The molecule has 1 aromatic carbocycles. The molecule has 14 heavy (non-hydrogen) atoms. The summed E-state index contributed by atoms with van der Waals surface area (Å²) in [5, 5.41) is 21.9. The molecule has 0 aromatic heterocycles. The topological polar surface area (TPSA) is 52.5 Å². The molecule has 1 aromatic rings. The molecule has 3 heteroatoms. The van der Waals surface area contributed by atoms with Crippen LogP contribution >= 0.6 is 0 Å². The van der Waals surface area contributed by atoms with Gasteiger partial charge in [0.25, 0.3) is 0 Å². The van der Waals surface area contributed by atoms with E-state index in [1.54, 1.807) is 12.1 Å². The van der Waals surface area contributed by atoms with Gasteiger partial charge in [-0.05, 0) is 30.7 Å².